The quantitative estimate of drug-likeness (QED) is 0.0712. The van der Waals surface area contributed by atoms with E-state index in [9.17, 15) is 33.6 Å². The third kappa shape index (κ3) is 14.4. The van der Waals surface area contributed by atoms with Crippen molar-refractivity contribution in [3.8, 4) is 5.75 Å². The zero-order valence-electron chi connectivity index (χ0n) is 40.5. The van der Waals surface area contributed by atoms with Crippen LogP contribution in [0, 0.1) is 0 Å². The van der Waals surface area contributed by atoms with Gasteiger partial charge in [0.15, 0.2) is 42.2 Å². The molecule has 21 nitrogen and oxygen atoms in total. The molecule has 6 heterocycles. The van der Waals surface area contributed by atoms with Crippen LogP contribution in [0.1, 0.15) is 82.9 Å². The van der Waals surface area contributed by atoms with Crippen molar-refractivity contribution < 1.29 is 71.5 Å². The van der Waals surface area contributed by atoms with Crippen LogP contribution in [0.15, 0.2) is 171 Å². The van der Waals surface area contributed by atoms with Gasteiger partial charge in [0.2, 0.25) is 0 Å². The molecule has 8 rings (SSSR count). The van der Waals surface area contributed by atoms with Crippen LogP contribution in [0.4, 0.5) is 0 Å². The summed E-state index contributed by atoms with van der Waals surface area (Å²) in [6, 6.07) is 23.7. The monoisotopic (exact) mass is 1050 g/mol. The van der Waals surface area contributed by atoms with Gasteiger partial charge >= 0.3 is 41.8 Å². The normalized spacial score (nSPS) is 17.6. The van der Waals surface area contributed by atoms with Gasteiger partial charge in [-0.3, -0.25) is 29.9 Å². The van der Waals surface area contributed by atoms with Crippen molar-refractivity contribution in [3.63, 3.8) is 0 Å². The molecule has 0 unspecified atom stereocenters. The van der Waals surface area contributed by atoms with Crippen molar-refractivity contribution in [2.45, 2.75) is 63.0 Å². The van der Waals surface area contributed by atoms with E-state index in [2.05, 4.69) is 29.9 Å². The second-order valence-corrected chi connectivity index (χ2v) is 16.9. The topological polar surface area (TPSA) is 271 Å². The second kappa shape index (κ2) is 25.9. The Labute approximate surface area is 438 Å². The van der Waals surface area contributed by atoms with Crippen LogP contribution in [0.2, 0.25) is 5.02 Å². The first kappa shape index (κ1) is 54.3. The largest absolute Gasteiger partial charge is 0.476 e. The van der Waals surface area contributed by atoms with Gasteiger partial charge in [0.25, 0.3) is 0 Å². The van der Waals surface area contributed by atoms with Crippen LogP contribution in [0.3, 0.4) is 0 Å². The van der Waals surface area contributed by atoms with Gasteiger partial charge in [-0.05, 0) is 118 Å². The average Bonchev–Trinajstić information content (AvgIpc) is 3.45. The minimum atomic E-state index is -1.99. The highest BCUT2D eigenvalue weighted by Gasteiger charge is 2.62. The van der Waals surface area contributed by atoms with Crippen LogP contribution in [0.25, 0.3) is 0 Å². The number of pyridine rings is 6. The summed E-state index contributed by atoms with van der Waals surface area (Å²) in [6.45, 7) is 5.43. The Kier molecular flexibility index (Phi) is 18.5. The highest BCUT2D eigenvalue weighted by molar-refractivity contribution is 6.30. The van der Waals surface area contributed by atoms with Gasteiger partial charge < -0.3 is 37.9 Å². The van der Waals surface area contributed by atoms with Crippen LogP contribution in [-0.2, 0) is 38.0 Å². The van der Waals surface area contributed by atoms with E-state index in [1.165, 1.54) is 147 Å². The van der Waals surface area contributed by atoms with Gasteiger partial charge in [-0.1, -0.05) is 11.6 Å². The molecule has 388 valence electrons. The summed E-state index contributed by atoms with van der Waals surface area (Å²) in [6.07, 6.45) is 3.50. The smallest absolute Gasteiger partial charge is 0.349 e. The summed E-state index contributed by atoms with van der Waals surface area (Å²) in [5.41, 5.74) is -1.63. The molecule has 1 saturated carbocycles. The van der Waals surface area contributed by atoms with Crippen LogP contribution < -0.4 is 4.74 Å². The second-order valence-electron chi connectivity index (χ2n) is 16.5. The molecule has 0 N–H and O–H groups in total. The van der Waals surface area contributed by atoms with Gasteiger partial charge in [-0.15, -0.1) is 0 Å². The molecule has 0 atom stereocenters. The molecular formula is C54H45ClN6O15. The number of halogens is 1. The van der Waals surface area contributed by atoms with E-state index in [4.69, 9.17) is 49.5 Å². The number of rotatable bonds is 16. The molecule has 0 radical (unpaired) electrons. The van der Waals surface area contributed by atoms with Crippen LogP contribution in [0.5, 0.6) is 5.75 Å². The van der Waals surface area contributed by atoms with E-state index in [1.807, 2.05) is 0 Å². The predicted octanol–water partition coefficient (Wildman–Crippen LogP) is 6.78. The molecule has 6 aromatic heterocycles. The number of esters is 7. The fourth-order valence-electron chi connectivity index (χ4n) is 7.12. The van der Waals surface area contributed by atoms with E-state index in [1.54, 1.807) is 45.0 Å². The van der Waals surface area contributed by atoms with Gasteiger partial charge in [-0.25, -0.2) is 33.6 Å². The molecular weight excluding hydrogens is 1010 g/mol. The summed E-state index contributed by atoms with van der Waals surface area (Å²) in [5, 5.41) is 0.626. The number of carbonyl (C=O) groups excluding carboxylic acids is 7. The van der Waals surface area contributed by atoms with E-state index >= 15 is 0 Å². The molecule has 0 aliphatic heterocycles. The van der Waals surface area contributed by atoms with Crippen LogP contribution >= 0.6 is 11.6 Å². The lowest BCUT2D eigenvalue weighted by Gasteiger charge is -2.47. The molecule has 1 aromatic carbocycles. The molecule has 0 spiro atoms. The molecule has 22 heteroatoms. The zero-order chi connectivity index (χ0) is 54.0. The van der Waals surface area contributed by atoms with E-state index < -0.39 is 78.0 Å². The number of aromatic nitrogens is 6. The highest BCUT2D eigenvalue weighted by atomic mass is 35.5. The predicted molar refractivity (Wildman–Crippen MR) is 263 cm³/mol. The maximum atomic E-state index is 14.0. The van der Waals surface area contributed by atoms with Crippen molar-refractivity contribution >= 4 is 53.4 Å². The fraction of sp³-hybridized carbons (Fsp3) is 0.204. The van der Waals surface area contributed by atoms with Crippen molar-refractivity contribution in [3.05, 3.63) is 210 Å². The van der Waals surface area contributed by atoms with Crippen molar-refractivity contribution in [2.75, 3.05) is 6.61 Å². The summed E-state index contributed by atoms with van der Waals surface area (Å²) >= 11 is 5.75. The van der Waals surface area contributed by atoms with Crippen LogP contribution in [-0.4, -0.2) is 121 Å². The van der Waals surface area contributed by atoms with Crippen molar-refractivity contribution in [2.24, 2.45) is 0 Å². The molecule has 0 saturated heterocycles. The van der Waals surface area contributed by atoms with Crippen molar-refractivity contribution in [1.82, 2.24) is 29.9 Å². The fourth-order valence-corrected chi connectivity index (χ4v) is 7.25. The number of ether oxygens (including phenoxy) is 8. The Balaban J connectivity index is 0.000000450. The van der Waals surface area contributed by atoms with Gasteiger partial charge in [-0.2, -0.15) is 0 Å². The Morgan fingerprint density at radius 2 is 0.645 bits per heavy atom. The lowest BCUT2D eigenvalue weighted by atomic mass is 9.83. The molecule has 76 heavy (non-hydrogen) atoms. The number of nitrogens with zero attached hydrogens (tertiary/aromatic N) is 6. The van der Waals surface area contributed by atoms with Gasteiger partial charge in [0.05, 0.1) is 40.0 Å². The Bertz CT molecular complexity index is 2620. The minimum Gasteiger partial charge on any atom is -0.476 e. The molecule has 1 aliphatic rings. The lowest BCUT2D eigenvalue weighted by Crippen LogP contribution is -2.69. The number of benzene rings is 1. The zero-order valence-corrected chi connectivity index (χ0v) is 41.3. The maximum Gasteiger partial charge on any atom is 0.349 e. The Hall–Kier alpha value is -9.50. The summed E-state index contributed by atoms with van der Waals surface area (Å²) < 4.78 is 46.6. The summed E-state index contributed by atoms with van der Waals surface area (Å²) in [7, 11) is 0. The Morgan fingerprint density at radius 1 is 0.408 bits per heavy atom. The number of hydrogen-bond acceptors (Lipinski definition) is 21. The average molecular weight is 1050 g/mol. The SMILES string of the molecule is CCOC(=O)C(C)(C)Oc1ccc(Cl)cc1.O=C(OC1C(OC(=O)c2cccnc2)C(OC(=O)c2cccnc2)C(OC(=O)c2cccnc2)C(OC(=O)c2cccnc2)C1OC(=O)c1cccnc1)c1cccnc1. The third-order valence-corrected chi connectivity index (χ3v) is 11.0. The van der Waals surface area contributed by atoms with Gasteiger partial charge in [0.1, 0.15) is 5.75 Å². The molecule has 0 amide bonds. The molecule has 1 fully saturated rings. The highest BCUT2D eigenvalue weighted by Crippen LogP contribution is 2.37. The minimum absolute atomic E-state index is 0.106. The van der Waals surface area contributed by atoms with E-state index in [-0.39, 0.29) is 39.4 Å². The molecule has 1 aliphatic carbocycles. The van der Waals surface area contributed by atoms with Crippen molar-refractivity contribution in [1.29, 1.82) is 0 Å². The first-order chi connectivity index (χ1) is 36.7. The number of carbonyl (C=O) groups is 7. The Morgan fingerprint density at radius 3 is 0.842 bits per heavy atom. The van der Waals surface area contributed by atoms with E-state index in [0.717, 1.165) is 0 Å². The van der Waals surface area contributed by atoms with Gasteiger partial charge in [0, 0.05) is 79.4 Å². The lowest BCUT2D eigenvalue weighted by molar-refractivity contribution is -0.223. The standard InChI is InChI=1S/C42H30N6O12.C12H15ClO3/c49-37(25-7-1-13-43-19-25)55-31-32(56-38(50)26-8-2-14-44-20-26)34(58-40(52)28-10-4-16-46-22-28)36(60-42(54)30-12-6-18-48-24-30)35(59-41(53)29-11-5-17-47-23-29)33(31)57-39(51)27-9-3-15-45-21-27;1-4-15-11(14)12(2,3)16-10-7-5-9(13)6-8-10/h1-24,31-36H;5-8H,4H2,1-3H3. The first-order valence-electron chi connectivity index (χ1n) is 23.0. The number of hydrogen-bond donors (Lipinski definition) is 0. The summed E-state index contributed by atoms with van der Waals surface area (Å²) in [4.78, 5) is 119. The molecule has 0 bridgehead atoms. The third-order valence-electron chi connectivity index (χ3n) is 10.7. The molecule has 7 aromatic rings. The van der Waals surface area contributed by atoms with E-state index in [0.29, 0.717) is 17.4 Å². The first-order valence-corrected chi connectivity index (χ1v) is 23.4. The summed E-state index contributed by atoms with van der Waals surface area (Å²) in [5.74, 6) is -6.31. The maximum absolute atomic E-state index is 14.0.